The molecule has 9 heteroatoms. The molecule has 1 atom stereocenters. The number of piperidine rings is 1. The molecule has 1 aromatic carbocycles. The van der Waals surface area contributed by atoms with E-state index in [1.807, 2.05) is 46.9 Å². The van der Waals surface area contributed by atoms with Gasteiger partial charge in [0.1, 0.15) is 29.9 Å². The summed E-state index contributed by atoms with van der Waals surface area (Å²) in [4.78, 5) is 32.4. The van der Waals surface area contributed by atoms with Crippen molar-refractivity contribution in [1.82, 2.24) is 34.8 Å². The number of amides is 2. The normalized spacial score (nSPS) is 16.9. The fourth-order valence-corrected chi connectivity index (χ4v) is 3.69. The fourth-order valence-electron chi connectivity index (χ4n) is 3.69. The van der Waals surface area contributed by atoms with E-state index in [0.717, 1.165) is 36.2 Å². The standard InChI is InChI=1S/C20H25N7O2/c1-15-21-8-10-25(15)14-20(29)26-9-4-5-16(12-26)11-22-19(28)13-27-23-17-6-2-3-7-18(17)24-27/h2-3,6-8,10,16H,4-5,9,11-14H2,1H3,(H,22,28). The number of hydrogen-bond donors (Lipinski definition) is 1. The van der Waals surface area contributed by atoms with Gasteiger partial charge in [0.05, 0.1) is 0 Å². The minimum absolute atomic E-state index is 0.0873. The minimum atomic E-state index is -0.122. The van der Waals surface area contributed by atoms with Crippen LogP contribution in [0.1, 0.15) is 18.7 Å². The molecule has 0 spiro atoms. The maximum atomic E-state index is 12.6. The molecule has 1 aliphatic heterocycles. The Hall–Kier alpha value is -3.23. The highest BCUT2D eigenvalue weighted by Gasteiger charge is 2.24. The van der Waals surface area contributed by atoms with Crippen LogP contribution >= 0.6 is 0 Å². The van der Waals surface area contributed by atoms with Crippen LogP contribution in [0.5, 0.6) is 0 Å². The highest BCUT2D eigenvalue weighted by molar-refractivity contribution is 5.77. The minimum Gasteiger partial charge on any atom is -0.354 e. The zero-order valence-electron chi connectivity index (χ0n) is 16.5. The number of carbonyl (C=O) groups is 2. The van der Waals surface area contributed by atoms with Crippen molar-refractivity contribution in [3.63, 3.8) is 0 Å². The Morgan fingerprint density at radius 1 is 1.17 bits per heavy atom. The molecule has 0 radical (unpaired) electrons. The number of nitrogens with zero attached hydrogens (tertiary/aromatic N) is 6. The fraction of sp³-hybridized carbons (Fsp3) is 0.450. The highest BCUT2D eigenvalue weighted by Crippen LogP contribution is 2.16. The number of rotatable bonds is 6. The van der Waals surface area contributed by atoms with E-state index in [-0.39, 0.29) is 24.3 Å². The van der Waals surface area contributed by atoms with Crippen molar-refractivity contribution in [1.29, 1.82) is 0 Å². The Kier molecular flexibility index (Phi) is 5.55. The van der Waals surface area contributed by atoms with Crippen molar-refractivity contribution < 1.29 is 9.59 Å². The maximum Gasteiger partial charge on any atom is 0.243 e. The number of likely N-dealkylation sites (tertiary alicyclic amines) is 1. The third-order valence-corrected chi connectivity index (χ3v) is 5.30. The van der Waals surface area contributed by atoms with Crippen LogP contribution in [0.4, 0.5) is 0 Å². The largest absolute Gasteiger partial charge is 0.354 e. The topological polar surface area (TPSA) is 97.9 Å². The zero-order chi connectivity index (χ0) is 20.2. The molecule has 2 amide bonds. The first-order valence-electron chi connectivity index (χ1n) is 9.90. The first-order chi connectivity index (χ1) is 14.1. The average Bonchev–Trinajstić information content (AvgIpc) is 3.32. The summed E-state index contributed by atoms with van der Waals surface area (Å²) in [6, 6.07) is 7.53. The summed E-state index contributed by atoms with van der Waals surface area (Å²) >= 11 is 0. The number of aryl methyl sites for hydroxylation is 1. The number of nitrogens with one attached hydrogen (secondary N) is 1. The second kappa shape index (κ2) is 8.42. The lowest BCUT2D eigenvalue weighted by Crippen LogP contribution is -2.45. The zero-order valence-corrected chi connectivity index (χ0v) is 16.5. The van der Waals surface area contributed by atoms with Crippen LogP contribution in [-0.4, -0.2) is 60.9 Å². The Bertz CT molecular complexity index is 976. The summed E-state index contributed by atoms with van der Waals surface area (Å²) < 4.78 is 1.86. The van der Waals surface area contributed by atoms with Crippen molar-refractivity contribution >= 4 is 22.8 Å². The molecule has 152 valence electrons. The van der Waals surface area contributed by atoms with E-state index in [4.69, 9.17) is 0 Å². The molecule has 1 aliphatic rings. The van der Waals surface area contributed by atoms with E-state index in [2.05, 4.69) is 20.5 Å². The Balaban J connectivity index is 1.26. The van der Waals surface area contributed by atoms with Crippen LogP contribution in [-0.2, 0) is 22.7 Å². The molecule has 0 bridgehead atoms. The Labute approximate surface area is 168 Å². The van der Waals surface area contributed by atoms with Gasteiger partial charge in [0.15, 0.2) is 0 Å². The van der Waals surface area contributed by atoms with Crippen LogP contribution in [0.2, 0.25) is 0 Å². The highest BCUT2D eigenvalue weighted by atomic mass is 16.2. The quantitative estimate of drug-likeness (QED) is 0.671. The van der Waals surface area contributed by atoms with Gasteiger partial charge in [-0.2, -0.15) is 15.0 Å². The van der Waals surface area contributed by atoms with Crippen molar-refractivity contribution in [2.75, 3.05) is 19.6 Å². The van der Waals surface area contributed by atoms with E-state index < -0.39 is 0 Å². The number of benzene rings is 1. The molecule has 2 aromatic heterocycles. The van der Waals surface area contributed by atoms with Crippen LogP contribution < -0.4 is 5.32 Å². The molecule has 0 saturated carbocycles. The van der Waals surface area contributed by atoms with Gasteiger partial charge in [-0.05, 0) is 37.8 Å². The maximum absolute atomic E-state index is 12.6. The van der Waals surface area contributed by atoms with Gasteiger partial charge in [0.25, 0.3) is 0 Å². The van der Waals surface area contributed by atoms with Gasteiger partial charge in [-0.3, -0.25) is 9.59 Å². The third-order valence-electron chi connectivity index (χ3n) is 5.30. The molecule has 3 aromatic rings. The summed E-state index contributed by atoms with van der Waals surface area (Å²) in [6.07, 6.45) is 5.47. The van der Waals surface area contributed by atoms with Gasteiger partial charge in [-0.25, -0.2) is 4.98 Å². The third kappa shape index (κ3) is 4.61. The second-order valence-corrected chi connectivity index (χ2v) is 7.47. The lowest BCUT2D eigenvalue weighted by atomic mass is 9.98. The van der Waals surface area contributed by atoms with Gasteiger partial charge >= 0.3 is 0 Å². The van der Waals surface area contributed by atoms with Gasteiger partial charge in [0.2, 0.25) is 11.8 Å². The van der Waals surface area contributed by atoms with Crippen molar-refractivity contribution in [2.45, 2.75) is 32.9 Å². The monoisotopic (exact) mass is 395 g/mol. The first-order valence-corrected chi connectivity index (χ1v) is 9.90. The van der Waals surface area contributed by atoms with E-state index >= 15 is 0 Å². The number of carbonyl (C=O) groups excluding carboxylic acids is 2. The molecule has 1 unspecified atom stereocenters. The SMILES string of the molecule is Cc1nccn1CC(=O)N1CCCC(CNC(=O)Cn2nc3ccccc3n2)C1. The number of fused-ring (bicyclic) bond motifs is 1. The molecule has 1 N–H and O–H groups in total. The summed E-state index contributed by atoms with van der Waals surface area (Å²) in [7, 11) is 0. The Morgan fingerprint density at radius 3 is 2.62 bits per heavy atom. The lowest BCUT2D eigenvalue weighted by Gasteiger charge is -2.33. The van der Waals surface area contributed by atoms with Gasteiger partial charge < -0.3 is 14.8 Å². The van der Waals surface area contributed by atoms with E-state index in [1.54, 1.807) is 6.20 Å². The van der Waals surface area contributed by atoms with Gasteiger partial charge in [0, 0.05) is 32.0 Å². The second-order valence-electron chi connectivity index (χ2n) is 7.47. The van der Waals surface area contributed by atoms with E-state index in [9.17, 15) is 9.59 Å². The smallest absolute Gasteiger partial charge is 0.243 e. The predicted octanol–water partition coefficient (Wildman–Crippen LogP) is 0.991. The first kappa shape index (κ1) is 19.1. The number of imidazole rings is 1. The molecular weight excluding hydrogens is 370 g/mol. The molecule has 0 aliphatic carbocycles. The van der Waals surface area contributed by atoms with E-state index in [0.29, 0.717) is 19.6 Å². The van der Waals surface area contributed by atoms with E-state index in [1.165, 1.54) is 4.80 Å². The summed E-state index contributed by atoms with van der Waals surface area (Å²) in [6.45, 7) is 4.26. The molecule has 1 saturated heterocycles. The van der Waals surface area contributed by atoms with Crippen molar-refractivity contribution in [3.8, 4) is 0 Å². The average molecular weight is 395 g/mol. The number of aromatic nitrogens is 5. The molecule has 1 fully saturated rings. The van der Waals surface area contributed by atoms with Gasteiger partial charge in [-0.15, -0.1) is 0 Å². The molecule has 4 rings (SSSR count). The molecular formula is C20H25N7O2. The molecule has 29 heavy (non-hydrogen) atoms. The van der Waals surface area contributed by atoms with Gasteiger partial charge in [-0.1, -0.05) is 12.1 Å². The van der Waals surface area contributed by atoms with Crippen molar-refractivity contribution in [2.24, 2.45) is 5.92 Å². The molecule has 9 nitrogen and oxygen atoms in total. The van der Waals surface area contributed by atoms with Crippen LogP contribution in [0.15, 0.2) is 36.7 Å². The van der Waals surface area contributed by atoms with Crippen molar-refractivity contribution in [3.05, 3.63) is 42.5 Å². The summed E-state index contributed by atoms with van der Waals surface area (Å²) in [5.41, 5.74) is 1.55. The number of hydrogen-bond acceptors (Lipinski definition) is 5. The van der Waals surface area contributed by atoms with Crippen LogP contribution in [0.3, 0.4) is 0 Å². The van der Waals surface area contributed by atoms with Crippen LogP contribution in [0.25, 0.3) is 11.0 Å². The summed E-state index contributed by atoms with van der Waals surface area (Å²) in [5, 5.41) is 11.6. The van der Waals surface area contributed by atoms with Crippen LogP contribution in [0, 0.1) is 12.8 Å². The Morgan fingerprint density at radius 2 is 1.93 bits per heavy atom. The summed E-state index contributed by atoms with van der Waals surface area (Å²) in [5.74, 6) is 1.06. The predicted molar refractivity (Wildman–Crippen MR) is 107 cm³/mol. The molecule has 3 heterocycles. The lowest BCUT2D eigenvalue weighted by molar-refractivity contribution is -0.133.